The SMILES string of the molecule is CC(=O)[C@H]1C[C@@H](CON2C(C)(C)CCCC2(C)C)C1(C)C. The highest BCUT2D eigenvalue weighted by Crippen LogP contribution is 2.52. The van der Waals surface area contributed by atoms with E-state index in [0.717, 1.165) is 13.0 Å². The second-order valence-electron chi connectivity index (χ2n) is 8.99. The predicted molar refractivity (Wildman–Crippen MR) is 85.9 cm³/mol. The fourth-order valence-electron chi connectivity index (χ4n) is 4.48. The van der Waals surface area contributed by atoms with Crippen molar-refractivity contribution in [3.05, 3.63) is 0 Å². The van der Waals surface area contributed by atoms with Gasteiger partial charge in [-0.25, -0.2) is 0 Å². The Bertz CT molecular complexity index is 395. The van der Waals surface area contributed by atoms with Crippen LogP contribution in [0.25, 0.3) is 0 Å². The number of nitrogens with zero attached hydrogens (tertiary/aromatic N) is 1. The zero-order valence-corrected chi connectivity index (χ0v) is 15.0. The van der Waals surface area contributed by atoms with Gasteiger partial charge in [0.25, 0.3) is 0 Å². The van der Waals surface area contributed by atoms with Gasteiger partial charge in [-0.3, -0.25) is 9.63 Å². The molecule has 1 aliphatic carbocycles. The molecule has 1 saturated heterocycles. The van der Waals surface area contributed by atoms with Gasteiger partial charge in [-0.2, -0.15) is 5.06 Å². The molecule has 2 rings (SSSR count). The highest BCUT2D eigenvalue weighted by atomic mass is 16.7. The number of hydrogen-bond donors (Lipinski definition) is 0. The van der Waals surface area contributed by atoms with Crippen LogP contribution in [0.2, 0.25) is 0 Å². The molecule has 3 heteroatoms. The molecule has 0 spiro atoms. The van der Waals surface area contributed by atoms with Crippen LogP contribution in [0.3, 0.4) is 0 Å². The van der Waals surface area contributed by atoms with Gasteiger partial charge in [0.05, 0.1) is 6.61 Å². The van der Waals surface area contributed by atoms with Gasteiger partial charge in [-0.05, 0) is 71.6 Å². The lowest BCUT2D eigenvalue weighted by Gasteiger charge is -2.55. The summed E-state index contributed by atoms with van der Waals surface area (Å²) in [5, 5.41) is 2.24. The van der Waals surface area contributed by atoms with Gasteiger partial charge in [0.1, 0.15) is 5.78 Å². The van der Waals surface area contributed by atoms with Crippen LogP contribution in [0, 0.1) is 17.3 Å². The Kier molecular flexibility index (Phi) is 4.31. The Morgan fingerprint density at radius 1 is 1.10 bits per heavy atom. The van der Waals surface area contributed by atoms with Crippen LogP contribution < -0.4 is 0 Å². The first-order chi connectivity index (χ1) is 9.48. The van der Waals surface area contributed by atoms with E-state index >= 15 is 0 Å². The minimum Gasteiger partial charge on any atom is -0.300 e. The lowest BCUT2D eigenvalue weighted by Crippen LogP contribution is -2.59. The van der Waals surface area contributed by atoms with E-state index in [9.17, 15) is 4.79 Å². The summed E-state index contributed by atoms with van der Waals surface area (Å²) in [5.41, 5.74) is 0.265. The second-order valence-corrected chi connectivity index (χ2v) is 8.99. The number of hydroxylamine groups is 2. The Balaban J connectivity index is 1.98. The van der Waals surface area contributed by atoms with E-state index in [1.54, 1.807) is 6.92 Å². The molecule has 0 bridgehead atoms. The van der Waals surface area contributed by atoms with Crippen molar-refractivity contribution in [2.75, 3.05) is 6.61 Å². The van der Waals surface area contributed by atoms with Gasteiger partial charge >= 0.3 is 0 Å². The van der Waals surface area contributed by atoms with Crippen LogP contribution >= 0.6 is 0 Å². The van der Waals surface area contributed by atoms with Crippen molar-refractivity contribution >= 4 is 5.78 Å². The number of piperidine rings is 1. The number of ketones is 1. The fraction of sp³-hybridized carbons (Fsp3) is 0.944. The number of carbonyl (C=O) groups excluding carboxylic acids is 1. The normalized spacial score (nSPS) is 34.2. The van der Waals surface area contributed by atoms with Crippen LogP contribution in [-0.4, -0.2) is 28.5 Å². The van der Waals surface area contributed by atoms with Crippen molar-refractivity contribution in [2.45, 2.75) is 85.2 Å². The molecule has 1 aliphatic heterocycles. The first kappa shape index (κ1) is 17.0. The second kappa shape index (κ2) is 5.34. The molecule has 0 radical (unpaired) electrons. The highest BCUT2D eigenvalue weighted by molar-refractivity contribution is 5.80. The third-order valence-electron chi connectivity index (χ3n) is 6.04. The van der Waals surface area contributed by atoms with E-state index in [-0.39, 0.29) is 22.4 Å². The van der Waals surface area contributed by atoms with Crippen LogP contribution in [0.4, 0.5) is 0 Å². The summed E-state index contributed by atoms with van der Waals surface area (Å²) in [6.45, 7) is 16.0. The predicted octanol–water partition coefficient (Wildman–Crippen LogP) is 4.21. The van der Waals surface area contributed by atoms with Crippen LogP contribution in [0.1, 0.15) is 74.1 Å². The highest BCUT2D eigenvalue weighted by Gasteiger charge is 2.51. The fourth-order valence-corrected chi connectivity index (χ4v) is 4.48. The number of Topliss-reactive ketones (excluding diaryl/α,β-unsaturated/α-hetero) is 1. The van der Waals surface area contributed by atoms with Crippen molar-refractivity contribution in [3.63, 3.8) is 0 Å². The molecule has 0 N–H and O–H groups in total. The summed E-state index contributed by atoms with van der Waals surface area (Å²) in [5.74, 6) is 1.03. The summed E-state index contributed by atoms with van der Waals surface area (Å²) in [6.07, 6.45) is 4.61. The molecule has 2 aliphatic rings. The van der Waals surface area contributed by atoms with Crippen LogP contribution in [-0.2, 0) is 9.63 Å². The van der Waals surface area contributed by atoms with Gasteiger partial charge in [0.2, 0.25) is 0 Å². The van der Waals surface area contributed by atoms with Crippen molar-refractivity contribution in [1.82, 2.24) is 5.06 Å². The third kappa shape index (κ3) is 3.05. The average molecular weight is 295 g/mol. The molecule has 2 fully saturated rings. The van der Waals surface area contributed by atoms with Gasteiger partial charge in [0, 0.05) is 17.0 Å². The summed E-state index contributed by atoms with van der Waals surface area (Å²) in [6, 6.07) is 0. The smallest absolute Gasteiger partial charge is 0.133 e. The topological polar surface area (TPSA) is 29.5 Å². The Morgan fingerprint density at radius 2 is 1.62 bits per heavy atom. The first-order valence-corrected chi connectivity index (χ1v) is 8.42. The molecular formula is C18H33NO2. The van der Waals surface area contributed by atoms with Crippen molar-refractivity contribution in [1.29, 1.82) is 0 Å². The van der Waals surface area contributed by atoms with E-state index in [2.05, 4.69) is 46.6 Å². The zero-order valence-electron chi connectivity index (χ0n) is 15.0. The van der Waals surface area contributed by atoms with E-state index < -0.39 is 0 Å². The Labute approximate surface area is 130 Å². The maximum absolute atomic E-state index is 11.6. The minimum atomic E-state index is 0.0793. The Hall–Kier alpha value is -0.410. The molecule has 0 aromatic carbocycles. The molecule has 0 amide bonds. The van der Waals surface area contributed by atoms with E-state index in [0.29, 0.717) is 11.7 Å². The molecule has 3 nitrogen and oxygen atoms in total. The quantitative estimate of drug-likeness (QED) is 0.778. The van der Waals surface area contributed by atoms with Crippen molar-refractivity contribution < 1.29 is 9.63 Å². The van der Waals surface area contributed by atoms with Gasteiger partial charge in [0.15, 0.2) is 0 Å². The maximum Gasteiger partial charge on any atom is 0.133 e. The molecule has 2 atom stereocenters. The molecule has 1 saturated carbocycles. The summed E-state index contributed by atoms with van der Waals surface area (Å²) < 4.78 is 0. The molecule has 0 aromatic heterocycles. The largest absolute Gasteiger partial charge is 0.300 e. The lowest BCUT2D eigenvalue weighted by atomic mass is 9.54. The van der Waals surface area contributed by atoms with Gasteiger partial charge in [-0.1, -0.05) is 13.8 Å². The van der Waals surface area contributed by atoms with E-state index in [1.165, 1.54) is 19.3 Å². The number of rotatable bonds is 4. The molecule has 0 aromatic rings. The molecular weight excluding hydrogens is 262 g/mol. The number of carbonyl (C=O) groups is 1. The van der Waals surface area contributed by atoms with Crippen molar-refractivity contribution in [2.24, 2.45) is 17.3 Å². The average Bonchev–Trinajstić information content (AvgIpc) is 2.29. The third-order valence-corrected chi connectivity index (χ3v) is 6.04. The zero-order chi connectivity index (χ0) is 16.1. The summed E-state index contributed by atoms with van der Waals surface area (Å²) in [7, 11) is 0. The van der Waals surface area contributed by atoms with Crippen LogP contribution in [0.15, 0.2) is 0 Å². The van der Waals surface area contributed by atoms with Crippen molar-refractivity contribution in [3.8, 4) is 0 Å². The summed E-state index contributed by atoms with van der Waals surface area (Å²) >= 11 is 0. The first-order valence-electron chi connectivity index (χ1n) is 8.42. The Morgan fingerprint density at radius 3 is 2.05 bits per heavy atom. The van der Waals surface area contributed by atoms with Gasteiger partial charge < -0.3 is 0 Å². The van der Waals surface area contributed by atoms with Gasteiger partial charge in [-0.15, -0.1) is 0 Å². The maximum atomic E-state index is 11.6. The van der Waals surface area contributed by atoms with E-state index in [1.807, 2.05) is 0 Å². The van der Waals surface area contributed by atoms with Crippen LogP contribution in [0.5, 0.6) is 0 Å². The molecule has 122 valence electrons. The number of hydrogen-bond acceptors (Lipinski definition) is 3. The lowest BCUT2D eigenvalue weighted by molar-refractivity contribution is -0.296. The monoisotopic (exact) mass is 295 g/mol. The molecule has 0 unspecified atom stereocenters. The van der Waals surface area contributed by atoms with E-state index in [4.69, 9.17) is 4.84 Å². The molecule has 21 heavy (non-hydrogen) atoms. The molecule has 1 heterocycles. The summed E-state index contributed by atoms with van der Waals surface area (Å²) in [4.78, 5) is 18.0. The minimum absolute atomic E-state index is 0.0793. The standard InChI is InChI=1S/C18H33NO2/c1-13(20)15-11-14(18(15,6)7)12-21-19-16(2,3)9-8-10-17(19,4)5/h14-15H,8-12H2,1-7H3/t14-,15+/m0/s1.